The molecule has 0 atom stereocenters. The van der Waals surface area contributed by atoms with Crippen LogP contribution in [0.4, 0.5) is 8.78 Å². The summed E-state index contributed by atoms with van der Waals surface area (Å²) in [6.07, 6.45) is 0. The maximum Gasteiger partial charge on any atom is 0.313 e. The highest BCUT2D eigenvalue weighted by atomic mass is 32.2. The van der Waals surface area contributed by atoms with Crippen molar-refractivity contribution < 1.29 is 26.2 Å². The van der Waals surface area contributed by atoms with Crippen molar-refractivity contribution in [2.75, 3.05) is 0 Å². The second-order valence-corrected chi connectivity index (χ2v) is 7.31. The molecular weight excluding hydrogens is 374 g/mol. The molecule has 0 radical (unpaired) electrons. The summed E-state index contributed by atoms with van der Waals surface area (Å²) in [6, 6.07) is 16.1. The Bertz CT molecular complexity index is 1060. The van der Waals surface area contributed by atoms with E-state index in [0.29, 0.717) is 11.1 Å². The van der Waals surface area contributed by atoms with Crippen molar-refractivity contribution in [3.05, 3.63) is 101 Å². The lowest BCUT2D eigenvalue weighted by atomic mass is 10.0. The maximum atomic E-state index is 13.6. The molecule has 27 heavy (non-hydrogen) atoms. The van der Waals surface area contributed by atoms with E-state index >= 15 is 0 Å². The topological polar surface area (TPSA) is 60.4 Å². The normalized spacial score (nSPS) is 11.2. The van der Waals surface area contributed by atoms with Gasteiger partial charge in [-0.05, 0) is 54.6 Å². The van der Waals surface area contributed by atoms with Crippen molar-refractivity contribution in [2.24, 2.45) is 0 Å². The van der Waals surface area contributed by atoms with Gasteiger partial charge >= 0.3 is 10.1 Å². The third-order valence-electron chi connectivity index (χ3n) is 3.74. The van der Waals surface area contributed by atoms with Crippen molar-refractivity contribution in [3.8, 4) is 5.75 Å². The second-order valence-electron chi connectivity index (χ2n) is 5.74. The Labute approximate surface area is 155 Å². The fourth-order valence-electron chi connectivity index (χ4n) is 2.41. The minimum Gasteiger partial charge on any atom is -0.382 e. The highest BCUT2D eigenvalue weighted by molar-refractivity contribution is 7.86. The van der Waals surface area contributed by atoms with Gasteiger partial charge in [0.2, 0.25) is 0 Å². The molecule has 0 fully saturated rings. The predicted octanol–water partition coefficient (Wildman–Crippen LogP) is 4.10. The van der Waals surface area contributed by atoms with Gasteiger partial charge in [0, 0.05) is 16.7 Å². The van der Waals surface area contributed by atoms with Crippen LogP contribution in [-0.2, 0) is 15.9 Å². The molecule has 0 unspecified atom stereocenters. The van der Waals surface area contributed by atoms with E-state index in [-0.39, 0.29) is 17.1 Å². The third kappa shape index (κ3) is 4.77. The highest BCUT2D eigenvalue weighted by Gasteiger charge is 2.17. The standard InChI is InChI=1S/C20H14F2O4S/c21-17-9-5-14(6-10-17)20(23)15-7-11-18(12-8-15)26-27(24,25)13-16-3-1-2-4-19(16)22/h1-12H,13H2. The summed E-state index contributed by atoms with van der Waals surface area (Å²) in [5, 5.41) is 0. The number of halogens is 2. The predicted molar refractivity (Wildman–Crippen MR) is 95.9 cm³/mol. The van der Waals surface area contributed by atoms with Gasteiger partial charge < -0.3 is 4.18 Å². The smallest absolute Gasteiger partial charge is 0.313 e. The average molecular weight is 388 g/mol. The lowest BCUT2D eigenvalue weighted by Gasteiger charge is -2.08. The first kappa shape index (κ1) is 18.7. The zero-order valence-electron chi connectivity index (χ0n) is 13.9. The number of ketones is 1. The molecule has 0 aliphatic carbocycles. The first-order valence-electron chi connectivity index (χ1n) is 7.90. The average Bonchev–Trinajstić information content (AvgIpc) is 2.64. The van der Waals surface area contributed by atoms with Gasteiger partial charge in [-0.15, -0.1) is 0 Å². The van der Waals surface area contributed by atoms with Crippen LogP contribution in [0.25, 0.3) is 0 Å². The van der Waals surface area contributed by atoms with Gasteiger partial charge in [0.25, 0.3) is 0 Å². The van der Waals surface area contributed by atoms with E-state index in [1.807, 2.05) is 0 Å². The van der Waals surface area contributed by atoms with E-state index in [0.717, 1.165) is 0 Å². The number of rotatable bonds is 6. The molecule has 0 heterocycles. The lowest BCUT2D eigenvalue weighted by Crippen LogP contribution is -2.13. The fourth-order valence-corrected chi connectivity index (χ4v) is 3.49. The third-order valence-corrected chi connectivity index (χ3v) is 4.85. The second kappa shape index (κ2) is 7.67. The van der Waals surface area contributed by atoms with Crippen LogP contribution in [0, 0.1) is 11.6 Å². The van der Waals surface area contributed by atoms with E-state index in [4.69, 9.17) is 4.18 Å². The van der Waals surface area contributed by atoms with Gasteiger partial charge in [-0.25, -0.2) is 8.78 Å². The van der Waals surface area contributed by atoms with Gasteiger partial charge in [0.15, 0.2) is 5.78 Å². The summed E-state index contributed by atoms with van der Waals surface area (Å²) in [5.41, 5.74) is 0.596. The summed E-state index contributed by atoms with van der Waals surface area (Å²) < 4.78 is 55.7. The molecule has 0 aromatic heterocycles. The van der Waals surface area contributed by atoms with E-state index < -0.39 is 27.5 Å². The van der Waals surface area contributed by atoms with Crippen LogP contribution in [0.1, 0.15) is 21.5 Å². The first-order chi connectivity index (χ1) is 12.8. The SMILES string of the molecule is O=C(c1ccc(F)cc1)c1ccc(OS(=O)(=O)Cc2ccccc2F)cc1. The lowest BCUT2D eigenvalue weighted by molar-refractivity contribution is 0.103. The van der Waals surface area contributed by atoms with Crippen LogP contribution < -0.4 is 4.18 Å². The minimum atomic E-state index is -4.07. The molecule has 7 heteroatoms. The van der Waals surface area contributed by atoms with Crippen molar-refractivity contribution in [1.29, 1.82) is 0 Å². The zero-order valence-corrected chi connectivity index (χ0v) is 14.7. The Morgan fingerprint density at radius 2 is 1.37 bits per heavy atom. The largest absolute Gasteiger partial charge is 0.382 e. The number of benzene rings is 3. The summed E-state index contributed by atoms with van der Waals surface area (Å²) in [7, 11) is -4.07. The number of carbonyl (C=O) groups is 1. The van der Waals surface area contributed by atoms with Gasteiger partial charge in [-0.1, -0.05) is 18.2 Å². The number of hydrogen-bond acceptors (Lipinski definition) is 4. The monoisotopic (exact) mass is 388 g/mol. The molecule has 3 aromatic rings. The van der Waals surface area contributed by atoms with Crippen LogP contribution in [0.2, 0.25) is 0 Å². The molecule has 3 rings (SSSR count). The maximum absolute atomic E-state index is 13.6. The summed E-state index contributed by atoms with van der Waals surface area (Å²) in [4.78, 5) is 12.3. The molecule has 4 nitrogen and oxygen atoms in total. The molecule has 0 aliphatic heterocycles. The first-order valence-corrected chi connectivity index (χ1v) is 9.48. The van der Waals surface area contributed by atoms with E-state index in [1.54, 1.807) is 0 Å². The number of hydrogen-bond donors (Lipinski definition) is 0. The van der Waals surface area contributed by atoms with Crippen molar-refractivity contribution in [2.45, 2.75) is 5.75 Å². The van der Waals surface area contributed by atoms with Crippen LogP contribution in [-0.4, -0.2) is 14.2 Å². The molecule has 3 aromatic carbocycles. The fraction of sp³-hybridized carbons (Fsp3) is 0.0500. The summed E-state index contributed by atoms with van der Waals surface area (Å²) >= 11 is 0. The van der Waals surface area contributed by atoms with Crippen LogP contribution >= 0.6 is 0 Å². The Morgan fingerprint density at radius 3 is 1.96 bits per heavy atom. The van der Waals surface area contributed by atoms with Crippen LogP contribution in [0.3, 0.4) is 0 Å². The van der Waals surface area contributed by atoms with Crippen LogP contribution in [0.5, 0.6) is 5.75 Å². The number of carbonyl (C=O) groups excluding carboxylic acids is 1. The molecule has 0 saturated carbocycles. The van der Waals surface area contributed by atoms with Gasteiger partial charge in [-0.2, -0.15) is 8.42 Å². The summed E-state index contributed by atoms with van der Waals surface area (Å²) in [5.74, 6) is -2.03. The molecule has 138 valence electrons. The summed E-state index contributed by atoms with van der Waals surface area (Å²) in [6.45, 7) is 0. The molecule has 0 bridgehead atoms. The van der Waals surface area contributed by atoms with Gasteiger partial charge in [-0.3, -0.25) is 4.79 Å². The molecule has 0 saturated heterocycles. The Hall–Kier alpha value is -3.06. The molecule has 0 N–H and O–H groups in total. The van der Waals surface area contributed by atoms with Crippen LogP contribution in [0.15, 0.2) is 72.8 Å². The zero-order chi connectivity index (χ0) is 19.4. The molecule has 0 aliphatic rings. The van der Waals surface area contributed by atoms with Gasteiger partial charge in [0.05, 0.1) is 0 Å². The van der Waals surface area contributed by atoms with E-state index in [1.165, 1.54) is 72.8 Å². The van der Waals surface area contributed by atoms with E-state index in [2.05, 4.69) is 0 Å². The minimum absolute atomic E-state index is 0.000563. The van der Waals surface area contributed by atoms with Crippen molar-refractivity contribution in [1.82, 2.24) is 0 Å². The highest BCUT2D eigenvalue weighted by Crippen LogP contribution is 2.19. The van der Waals surface area contributed by atoms with E-state index in [9.17, 15) is 22.0 Å². The van der Waals surface area contributed by atoms with Crippen molar-refractivity contribution >= 4 is 15.9 Å². The molecule has 0 amide bonds. The van der Waals surface area contributed by atoms with Crippen molar-refractivity contribution in [3.63, 3.8) is 0 Å². The Morgan fingerprint density at radius 1 is 0.815 bits per heavy atom. The molecular formula is C20H14F2O4S. The molecule has 0 spiro atoms. The quantitative estimate of drug-likeness (QED) is 0.471. The van der Waals surface area contributed by atoms with Gasteiger partial charge in [0.1, 0.15) is 23.1 Å². The Balaban J connectivity index is 1.72. The Kier molecular flexibility index (Phi) is 5.32.